The van der Waals surface area contributed by atoms with Gasteiger partial charge in [0.05, 0.1) is 13.2 Å². The fourth-order valence-corrected chi connectivity index (χ4v) is 3.02. The summed E-state index contributed by atoms with van der Waals surface area (Å²) >= 11 is 0. The van der Waals surface area contributed by atoms with E-state index in [1.54, 1.807) is 6.92 Å². The summed E-state index contributed by atoms with van der Waals surface area (Å²) in [5, 5.41) is 0. The Kier molecular flexibility index (Phi) is 9.68. The predicted octanol–water partition coefficient (Wildman–Crippen LogP) is 3.18. The highest BCUT2D eigenvalue weighted by atomic mass is 16.7. The Morgan fingerprint density at radius 2 is 1.86 bits per heavy atom. The van der Waals surface area contributed by atoms with Gasteiger partial charge >= 0.3 is 24.1 Å². The topological polar surface area (TPSA) is 105 Å². The fraction of sp³-hybridized carbons (Fsp3) is 0.700. The quantitative estimate of drug-likeness (QED) is 0.252. The first-order chi connectivity index (χ1) is 13.2. The maximum absolute atomic E-state index is 12.7. The van der Waals surface area contributed by atoms with Gasteiger partial charge in [-0.1, -0.05) is 26.0 Å². The van der Waals surface area contributed by atoms with E-state index in [9.17, 15) is 19.2 Å². The molecule has 0 saturated carbocycles. The summed E-state index contributed by atoms with van der Waals surface area (Å²) in [6.07, 6.45) is 3.93. The van der Waals surface area contributed by atoms with Crippen LogP contribution >= 0.6 is 0 Å². The van der Waals surface area contributed by atoms with Crippen LogP contribution in [0.15, 0.2) is 12.2 Å². The molecule has 0 aromatic heterocycles. The molecule has 1 aliphatic rings. The first-order valence-corrected chi connectivity index (χ1v) is 9.56. The maximum atomic E-state index is 12.7. The average molecular weight is 398 g/mol. The molecule has 0 aromatic rings. The molecule has 0 heterocycles. The molecule has 0 spiro atoms. The number of carbonyl (C=O) groups is 4. The van der Waals surface area contributed by atoms with Crippen molar-refractivity contribution in [3.05, 3.63) is 12.2 Å². The molecule has 1 rings (SSSR count). The molecule has 8 heteroatoms. The molecule has 0 N–H and O–H groups in total. The van der Waals surface area contributed by atoms with Crippen LogP contribution in [0, 0.1) is 17.3 Å². The van der Waals surface area contributed by atoms with Crippen molar-refractivity contribution < 1.29 is 38.1 Å². The number of ether oxygens (including phenoxy) is 4. The second kappa shape index (κ2) is 11.5. The van der Waals surface area contributed by atoms with Crippen molar-refractivity contribution in [2.45, 2.75) is 53.4 Å². The summed E-state index contributed by atoms with van der Waals surface area (Å²) in [5.41, 5.74) is -1.06. The zero-order valence-corrected chi connectivity index (χ0v) is 17.0. The molecule has 0 saturated heterocycles. The fourth-order valence-electron chi connectivity index (χ4n) is 3.02. The molecule has 0 unspecified atom stereocenters. The highest BCUT2D eigenvalue weighted by Crippen LogP contribution is 2.42. The van der Waals surface area contributed by atoms with Crippen LogP contribution in [0.4, 0.5) is 4.79 Å². The maximum Gasteiger partial charge on any atom is 0.516 e. The zero-order chi connectivity index (χ0) is 21.2. The third-order valence-corrected chi connectivity index (χ3v) is 4.44. The van der Waals surface area contributed by atoms with Crippen molar-refractivity contribution in [3.63, 3.8) is 0 Å². The van der Waals surface area contributed by atoms with Crippen LogP contribution in [-0.2, 0) is 33.3 Å². The lowest BCUT2D eigenvalue weighted by molar-refractivity contribution is -0.168. The van der Waals surface area contributed by atoms with Gasteiger partial charge in [-0.3, -0.25) is 14.4 Å². The van der Waals surface area contributed by atoms with Gasteiger partial charge in [0.1, 0.15) is 12.0 Å². The van der Waals surface area contributed by atoms with Gasteiger partial charge in [0.25, 0.3) is 0 Å². The van der Waals surface area contributed by atoms with E-state index in [1.807, 2.05) is 26.0 Å². The molecular formula is C20H30O8. The first kappa shape index (κ1) is 23.7. The molecule has 0 amide bonds. The molecule has 0 aromatic carbocycles. The highest BCUT2D eigenvalue weighted by Gasteiger charge is 2.48. The summed E-state index contributed by atoms with van der Waals surface area (Å²) in [6.45, 7) is 6.93. The van der Waals surface area contributed by atoms with Crippen LogP contribution in [0.3, 0.4) is 0 Å². The molecule has 0 bridgehead atoms. The summed E-state index contributed by atoms with van der Waals surface area (Å²) in [5.74, 6) is -1.96. The van der Waals surface area contributed by atoms with E-state index in [0.717, 1.165) is 0 Å². The lowest BCUT2D eigenvalue weighted by atomic mass is 9.68. The Bertz CT molecular complexity index is 595. The second-order valence-corrected chi connectivity index (χ2v) is 7.20. The Hall–Kier alpha value is -2.38. The van der Waals surface area contributed by atoms with Crippen molar-refractivity contribution >= 4 is 24.1 Å². The lowest BCUT2D eigenvalue weighted by Crippen LogP contribution is -2.45. The van der Waals surface area contributed by atoms with Crippen molar-refractivity contribution in [3.8, 4) is 0 Å². The van der Waals surface area contributed by atoms with Crippen LogP contribution < -0.4 is 0 Å². The number of allylic oxidation sites excluding steroid dienone is 2. The van der Waals surface area contributed by atoms with Gasteiger partial charge in [0.15, 0.2) is 0 Å². The van der Waals surface area contributed by atoms with E-state index in [2.05, 4.69) is 4.74 Å². The minimum Gasteiger partial charge on any atom is -0.465 e. The van der Waals surface area contributed by atoms with Crippen LogP contribution in [0.1, 0.15) is 53.4 Å². The van der Waals surface area contributed by atoms with Crippen LogP contribution in [0.25, 0.3) is 0 Å². The van der Waals surface area contributed by atoms with Crippen LogP contribution in [0.2, 0.25) is 0 Å². The van der Waals surface area contributed by atoms with Crippen molar-refractivity contribution in [1.29, 1.82) is 0 Å². The summed E-state index contributed by atoms with van der Waals surface area (Å²) in [7, 11) is 0. The van der Waals surface area contributed by atoms with Crippen LogP contribution in [-0.4, -0.2) is 43.9 Å². The second-order valence-electron chi connectivity index (χ2n) is 7.20. The molecule has 0 radical (unpaired) electrons. The standard InChI is InChI=1S/C20H30O8/c1-5-25-18(23)20(13-27-15(4)21)11-7-6-8-16(20)9-10-17(22)28-19(24)26-12-14(2)3/h6,8,14,16H,5,7,9-13H2,1-4H3/t16-,20+/m1/s1. The molecule has 0 fully saturated rings. The molecule has 1 aliphatic carbocycles. The number of carbonyl (C=O) groups excluding carboxylic acids is 4. The van der Waals surface area contributed by atoms with E-state index < -0.39 is 29.5 Å². The third-order valence-electron chi connectivity index (χ3n) is 4.44. The van der Waals surface area contributed by atoms with Gasteiger partial charge < -0.3 is 18.9 Å². The van der Waals surface area contributed by atoms with Crippen molar-refractivity contribution in [2.75, 3.05) is 19.8 Å². The van der Waals surface area contributed by atoms with E-state index in [-0.39, 0.29) is 44.5 Å². The molecule has 2 atom stereocenters. The Labute approximate surface area is 165 Å². The average Bonchev–Trinajstić information content (AvgIpc) is 2.63. The van der Waals surface area contributed by atoms with E-state index >= 15 is 0 Å². The monoisotopic (exact) mass is 398 g/mol. The van der Waals surface area contributed by atoms with Gasteiger partial charge in [-0.15, -0.1) is 0 Å². The Balaban J connectivity index is 2.77. The molecule has 8 nitrogen and oxygen atoms in total. The SMILES string of the molecule is CCOC(=O)[C@]1(COC(C)=O)CCC=C[C@@H]1CCC(=O)OC(=O)OCC(C)C. The molecular weight excluding hydrogens is 368 g/mol. The van der Waals surface area contributed by atoms with Gasteiger partial charge in [0.2, 0.25) is 0 Å². The number of hydrogen-bond acceptors (Lipinski definition) is 8. The summed E-state index contributed by atoms with van der Waals surface area (Å²) < 4.78 is 19.8. The molecule has 28 heavy (non-hydrogen) atoms. The summed E-state index contributed by atoms with van der Waals surface area (Å²) in [6, 6.07) is 0. The largest absolute Gasteiger partial charge is 0.516 e. The van der Waals surface area contributed by atoms with E-state index in [0.29, 0.717) is 12.8 Å². The van der Waals surface area contributed by atoms with Gasteiger partial charge in [-0.05, 0) is 38.0 Å². The molecule has 0 aliphatic heterocycles. The minimum atomic E-state index is -1.06. The zero-order valence-electron chi connectivity index (χ0n) is 17.0. The summed E-state index contributed by atoms with van der Waals surface area (Å²) in [4.78, 5) is 47.4. The first-order valence-electron chi connectivity index (χ1n) is 9.56. The number of rotatable bonds is 9. The van der Waals surface area contributed by atoms with E-state index in [4.69, 9.17) is 14.2 Å². The Morgan fingerprint density at radius 1 is 1.14 bits per heavy atom. The van der Waals surface area contributed by atoms with Crippen LogP contribution in [0.5, 0.6) is 0 Å². The number of esters is 3. The number of hydrogen-bond donors (Lipinski definition) is 0. The van der Waals surface area contributed by atoms with Crippen molar-refractivity contribution in [1.82, 2.24) is 0 Å². The van der Waals surface area contributed by atoms with Gasteiger partial charge in [-0.2, -0.15) is 0 Å². The highest BCUT2D eigenvalue weighted by molar-refractivity contribution is 5.82. The van der Waals surface area contributed by atoms with E-state index in [1.165, 1.54) is 6.92 Å². The Morgan fingerprint density at radius 3 is 2.46 bits per heavy atom. The third kappa shape index (κ3) is 7.32. The predicted molar refractivity (Wildman–Crippen MR) is 99.1 cm³/mol. The van der Waals surface area contributed by atoms with Gasteiger partial charge in [0, 0.05) is 13.3 Å². The lowest BCUT2D eigenvalue weighted by Gasteiger charge is -2.38. The van der Waals surface area contributed by atoms with Crippen molar-refractivity contribution in [2.24, 2.45) is 17.3 Å². The smallest absolute Gasteiger partial charge is 0.465 e. The van der Waals surface area contributed by atoms with Gasteiger partial charge in [-0.25, -0.2) is 4.79 Å². The molecule has 158 valence electrons. The normalized spacial score (nSPS) is 21.1. The minimum absolute atomic E-state index is 0.0903.